The zero-order chi connectivity index (χ0) is 26.6. The fourth-order valence-electron chi connectivity index (χ4n) is 4.16. The number of ether oxygens (including phenoxy) is 1. The Bertz CT molecular complexity index is 905. The molecule has 9 nitrogen and oxygen atoms in total. The van der Waals surface area contributed by atoms with Crippen LogP contribution in [0.1, 0.15) is 57.2 Å². The summed E-state index contributed by atoms with van der Waals surface area (Å²) in [5.74, 6) is -0.672. The van der Waals surface area contributed by atoms with Gasteiger partial charge in [0.15, 0.2) is 0 Å². The number of nitrogens with one attached hydrogen (secondary N) is 2. The summed E-state index contributed by atoms with van der Waals surface area (Å²) in [6.45, 7) is 5.12. The molecule has 0 fully saturated rings. The van der Waals surface area contributed by atoms with Gasteiger partial charge in [-0.3, -0.25) is 4.79 Å². The van der Waals surface area contributed by atoms with Gasteiger partial charge in [0, 0.05) is 38.9 Å². The predicted molar refractivity (Wildman–Crippen MR) is 135 cm³/mol. The number of aromatic nitrogens is 1. The summed E-state index contributed by atoms with van der Waals surface area (Å²) < 4.78 is 19.2. The minimum Gasteiger partial charge on any atom is -0.480 e. The van der Waals surface area contributed by atoms with Crippen LogP contribution in [-0.2, 0) is 27.2 Å². The number of nitrogens with zero attached hydrogens (tertiary/aromatic N) is 3. The van der Waals surface area contributed by atoms with Crippen molar-refractivity contribution in [3.8, 4) is 6.07 Å². The van der Waals surface area contributed by atoms with Crippen molar-refractivity contribution >= 4 is 17.7 Å². The molecule has 0 spiro atoms. The number of carbonyl (C=O) groups is 2. The second-order valence-electron chi connectivity index (χ2n) is 10.0. The maximum atomic E-state index is 14.3. The first-order chi connectivity index (χ1) is 17.2. The number of unbranched alkanes of at least 4 members (excludes halogenated alkanes) is 1. The number of nitriles is 1. The molecule has 1 aliphatic heterocycles. The number of amides is 1. The number of pyridine rings is 1. The Labute approximate surface area is 213 Å². The van der Waals surface area contributed by atoms with E-state index < -0.39 is 29.5 Å². The third kappa shape index (κ3) is 9.70. The summed E-state index contributed by atoms with van der Waals surface area (Å²) in [7, 11) is 1.44. The maximum Gasteiger partial charge on any atom is 0.326 e. The minimum absolute atomic E-state index is 0.0208. The van der Waals surface area contributed by atoms with Crippen molar-refractivity contribution in [3.05, 3.63) is 23.4 Å². The molecule has 0 saturated heterocycles. The van der Waals surface area contributed by atoms with Crippen molar-refractivity contribution in [1.29, 1.82) is 5.26 Å². The van der Waals surface area contributed by atoms with Gasteiger partial charge in [-0.15, -0.1) is 0 Å². The molecule has 1 aliphatic rings. The number of carbonyl (C=O) groups excluding carboxylic acids is 1. The minimum atomic E-state index is -1.20. The largest absolute Gasteiger partial charge is 0.480 e. The molecule has 2 rings (SSSR count). The first-order valence-electron chi connectivity index (χ1n) is 12.6. The van der Waals surface area contributed by atoms with E-state index in [9.17, 15) is 19.1 Å². The van der Waals surface area contributed by atoms with Gasteiger partial charge in [0.2, 0.25) is 5.91 Å². The Morgan fingerprint density at radius 3 is 2.83 bits per heavy atom. The molecule has 2 atom stereocenters. The molecule has 2 unspecified atom stereocenters. The van der Waals surface area contributed by atoms with Gasteiger partial charge in [0.1, 0.15) is 18.0 Å². The number of hydrogen-bond donors (Lipinski definition) is 3. The molecule has 200 valence electrons. The van der Waals surface area contributed by atoms with E-state index in [1.807, 2.05) is 11.0 Å². The lowest BCUT2D eigenvalue weighted by Crippen LogP contribution is -2.48. The van der Waals surface area contributed by atoms with E-state index in [1.54, 1.807) is 13.8 Å². The number of anilines is 1. The van der Waals surface area contributed by atoms with Gasteiger partial charge >= 0.3 is 5.97 Å². The highest BCUT2D eigenvalue weighted by Crippen LogP contribution is 2.21. The van der Waals surface area contributed by atoms with Crippen LogP contribution in [0.5, 0.6) is 0 Å². The molecule has 1 aromatic rings. The van der Waals surface area contributed by atoms with E-state index in [1.165, 1.54) is 12.7 Å². The van der Waals surface area contributed by atoms with E-state index >= 15 is 0 Å². The zero-order valence-corrected chi connectivity index (χ0v) is 21.7. The van der Waals surface area contributed by atoms with Crippen molar-refractivity contribution in [2.45, 2.75) is 71.0 Å². The highest BCUT2D eigenvalue weighted by molar-refractivity contribution is 5.87. The van der Waals surface area contributed by atoms with Gasteiger partial charge in [-0.05, 0) is 56.7 Å². The van der Waals surface area contributed by atoms with Crippen molar-refractivity contribution in [2.24, 2.45) is 5.41 Å². The van der Waals surface area contributed by atoms with Crippen LogP contribution in [0.4, 0.5) is 10.2 Å². The van der Waals surface area contributed by atoms with Crippen molar-refractivity contribution in [2.75, 3.05) is 45.2 Å². The van der Waals surface area contributed by atoms with Crippen LogP contribution in [0.25, 0.3) is 0 Å². The molecule has 10 heteroatoms. The lowest BCUT2D eigenvalue weighted by Gasteiger charge is -2.27. The fourth-order valence-corrected chi connectivity index (χ4v) is 4.16. The van der Waals surface area contributed by atoms with Gasteiger partial charge < -0.3 is 25.4 Å². The monoisotopic (exact) mass is 505 g/mol. The second-order valence-corrected chi connectivity index (χ2v) is 10.0. The molecule has 2 heterocycles. The Morgan fingerprint density at radius 1 is 1.36 bits per heavy atom. The fraction of sp³-hybridized carbons (Fsp3) is 0.692. The van der Waals surface area contributed by atoms with E-state index in [2.05, 4.69) is 22.8 Å². The number of aliphatic carboxylic acids is 1. The van der Waals surface area contributed by atoms with Crippen LogP contribution in [-0.4, -0.2) is 79.0 Å². The van der Waals surface area contributed by atoms with Gasteiger partial charge in [0.05, 0.1) is 18.1 Å². The Morgan fingerprint density at radius 2 is 2.14 bits per heavy atom. The molecule has 0 aliphatic carbocycles. The summed E-state index contributed by atoms with van der Waals surface area (Å²) >= 11 is 0. The average Bonchev–Trinajstić information content (AvgIpc) is 2.83. The molecule has 1 amide bonds. The summed E-state index contributed by atoms with van der Waals surface area (Å²) in [4.78, 5) is 30.9. The van der Waals surface area contributed by atoms with Crippen molar-refractivity contribution in [1.82, 2.24) is 15.2 Å². The smallest absolute Gasteiger partial charge is 0.326 e. The van der Waals surface area contributed by atoms with Gasteiger partial charge in [-0.25, -0.2) is 14.2 Å². The molecule has 1 aromatic heterocycles. The van der Waals surface area contributed by atoms with E-state index in [0.717, 1.165) is 50.2 Å². The average molecular weight is 506 g/mol. The first-order valence-corrected chi connectivity index (χ1v) is 12.6. The Hall–Kier alpha value is -2.77. The van der Waals surface area contributed by atoms with Gasteiger partial charge in [-0.2, -0.15) is 5.26 Å². The summed E-state index contributed by atoms with van der Waals surface area (Å²) in [5.41, 5.74) is 1.27. The molecule has 0 bridgehead atoms. The van der Waals surface area contributed by atoms with Crippen LogP contribution in [0, 0.1) is 16.7 Å². The molecular weight excluding hydrogens is 465 g/mol. The first kappa shape index (κ1) is 29.5. The number of alkyl halides is 1. The Kier molecular flexibility index (Phi) is 12.0. The lowest BCUT2D eigenvalue weighted by atomic mass is 9.88. The molecule has 36 heavy (non-hydrogen) atoms. The number of fused-ring (bicyclic) bond motifs is 1. The summed E-state index contributed by atoms with van der Waals surface area (Å²) in [6, 6.07) is 5.03. The number of carboxylic acid groups (broad SMARTS) is 1. The quantitative estimate of drug-likeness (QED) is 0.293. The third-order valence-corrected chi connectivity index (χ3v) is 6.39. The molecule has 0 radical (unpaired) electrons. The van der Waals surface area contributed by atoms with Crippen LogP contribution in [0.3, 0.4) is 0 Å². The maximum absolute atomic E-state index is 14.3. The predicted octanol–water partition coefficient (Wildman–Crippen LogP) is 2.95. The van der Waals surface area contributed by atoms with Crippen LogP contribution < -0.4 is 10.6 Å². The van der Waals surface area contributed by atoms with Crippen LogP contribution in [0.15, 0.2) is 12.1 Å². The highest BCUT2D eigenvalue weighted by Gasteiger charge is 2.31. The highest BCUT2D eigenvalue weighted by atomic mass is 19.1. The summed E-state index contributed by atoms with van der Waals surface area (Å²) in [5, 5.41) is 24.4. The van der Waals surface area contributed by atoms with Gasteiger partial charge in [0.25, 0.3) is 0 Å². The van der Waals surface area contributed by atoms with Crippen molar-refractivity contribution < 1.29 is 23.8 Å². The number of halogens is 1. The number of carboxylic acids is 1. The number of methoxy groups -OCH3 is 1. The Balaban J connectivity index is 1.90. The molecule has 0 aromatic carbocycles. The SMILES string of the molecule is COCC(F)CN(CCCCc1ccc2c(n1)NCCC2)CCC(NC(=O)C(C)(C)CC#N)C(=O)O. The standard InChI is InChI=1S/C26H40FN5O4/c1-26(2,12-13-28)25(35)31-22(24(33)34)11-16-32(17-20(27)18-36-3)15-5-4-8-21-10-9-19-7-6-14-29-23(19)30-21/h9-10,20,22H,4-8,11-12,14-18H2,1-3H3,(H,29,30)(H,31,35)(H,33,34). The van der Waals surface area contributed by atoms with Crippen LogP contribution in [0.2, 0.25) is 0 Å². The number of aryl methyl sites for hydroxylation is 2. The molecule has 0 saturated carbocycles. The number of hydrogen-bond acceptors (Lipinski definition) is 7. The van der Waals surface area contributed by atoms with Gasteiger partial charge in [-0.1, -0.05) is 19.9 Å². The molecule has 3 N–H and O–H groups in total. The summed E-state index contributed by atoms with van der Waals surface area (Å²) in [6.07, 6.45) is 3.54. The van der Waals surface area contributed by atoms with E-state index in [-0.39, 0.29) is 26.0 Å². The molecular formula is C26H40FN5O4. The second kappa shape index (κ2) is 14.7. The topological polar surface area (TPSA) is 128 Å². The zero-order valence-electron chi connectivity index (χ0n) is 21.7. The number of rotatable bonds is 16. The lowest BCUT2D eigenvalue weighted by molar-refractivity contribution is -0.143. The van der Waals surface area contributed by atoms with E-state index in [4.69, 9.17) is 15.0 Å². The van der Waals surface area contributed by atoms with Crippen LogP contribution >= 0.6 is 0 Å². The third-order valence-electron chi connectivity index (χ3n) is 6.39. The van der Waals surface area contributed by atoms with E-state index in [0.29, 0.717) is 13.1 Å². The van der Waals surface area contributed by atoms with Crippen molar-refractivity contribution in [3.63, 3.8) is 0 Å². The normalized spacial score (nSPS) is 14.9.